The Morgan fingerprint density at radius 2 is 1.94 bits per heavy atom. The molecule has 3 heteroatoms. The highest BCUT2D eigenvalue weighted by Gasteiger charge is 2.14. The third kappa shape index (κ3) is 3.24. The van der Waals surface area contributed by atoms with Crippen LogP contribution in [0.25, 0.3) is 0 Å². The van der Waals surface area contributed by atoms with E-state index >= 15 is 0 Å². The van der Waals surface area contributed by atoms with Crippen molar-refractivity contribution in [1.82, 2.24) is 4.90 Å². The lowest BCUT2D eigenvalue weighted by Gasteiger charge is -2.26. The number of hydrogen-bond donors (Lipinski definition) is 1. The van der Waals surface area contributed by atoms with Crippen molar-refractivity contribution in [3.63, 3.8) is 0 Å². The normalized spacial score (nSPS) is 17.9. The number of nitrogens with zero attached hydrogens (tertiary/aromatic N) is 2. The van der Waals surface area contributed by atoms with Crippen LogP contribution in [0.5, 0.6) is 0 Å². The Kier molecular flexibility index (Phi) is 4.61. The van der Waals surface area contributed by atoms with Crippen LogP contribution in [-0.2, 0) is 0 Å². The number of anilines is 1. The van der Waals surface area contributed by atoms with E-state index in [2.05, 4.69) is 22.9 Å². The van der Waals surface area contributed by atoms with Crippen molar-refractivity contribution in [3.8, 4) is 0 Å². The Morgan fingerprint density at radius 3 is 2.61 bits per heavy atom. The van der Waals surface area contributed by atoms with Gasteiger partial charge in [0.1, 0.15) is 0 Å². The summed E-state index contributed by atoms with van der Waals surface area (Å²) in [5.74, 6) is 0. The van der Waals surface area contributed by atoms with E-state index < -0.39 is 6.10 Å². The first-order chi connectivity index (χ1) is 8.68. The number of aliphatic hydroxyl groups is 1. The van der Waals surface area contributed by atoms with Crippen LogP contribution in [0.4, 0.5) is 5.69 Å². The topological polar surface area (TPSA) is 26.7 Å². The van der Waals surface area contributed by atoms with Crippen LogP contribution >= 0.6 is 0 Å². The summed E-state index contributed by atoms with van der Waals surface area (Å²) in [5, 5.41) is 9.80. The highest BCUT2D eigenvalue weighted by Crippen LogP contribution is 2.25. The third-order valence-corrected chi connectivity index (χ3v) is 3.75. The summed E-state index contributed by atoms with van der Waals surface area (Å²) in [7, 11) is 2.11. The smallest absolute Gasteiger partial charge is 0.0781 e. The highest BCUT2D eigenvalue weighted by molar-refractivity contribution is 5.53. The van der Waals surface area contributed by atoms with Gasteiger partial charge in [0.15, 0.2) is 0 Å². The van der Waals surface area contributed by atoms with Crippen LogP contribution in [0.3, 0.4) is 0 Å². The second kappa shape index (κ2) is 6.21. The summed E-state index contributed by atoms with van der Waals surface area (Å²) in [6.07, 6.45) is 2.28. The van der Waals surface area contributed by atoms with Gasteiger partial charge in [-0.15, -0.1) is 0 Å². The molecule has 18 heavy (non-hydrogen) atoms. The van der Waals surface area contributed by atoms with Crippen molar-refractivity contribution in [2.45, 2.75) is 25.9 Å². The molecule has 100 valence electrons. The van der Waals surface area contributed by atoms with Gasteiger partial charge in [0.2, 0.25) is 0 Å². The lowest BCUT2D eigenvalue weighted by Crippen LogP contribution is -2.31. The molecule has 0 aromatic heterocycles. The average molecular weight is 248 g/mol. The van der Waals surface area contributed by atoms with Crippen molar-refractivity contribution in [3.05, 3.63) is 29.8 Å². The fraction of sp³-hybridized carbons (Fsp3) is 0.600. The van der Waals surface area contributed by atoms with Gasteiger partial charge in [-0.3, -0.25) is 0 Å². The molecule has 1 N–H and O–H groups in total. The first-order valence-corrected chi connectivity index (χ1v) is 6.89. The highest BCUT2D eigenvalue weighted by atomic mass is 16.3. The molecular weight excluding hydrogens is 224 g/mol. The van der Waals surface area contributed by atoms with E-state index in [1.54, 1.807) is 0 Å². The van der Waals surface area contributed by atoms with Crippen LogP contribution in [0.1, 0.15) is 31.4 Å². The minimum atomic E-state index is -0.407. The fourth-order valence-electron chi connectivity index (χ4n) is 2.61. The minimum absolute atomic E-state index is 0.407. The summed E-state index contributed by atoms with van der Waals surface area (Å²) in [4.78, 5) is 4.77. The Morgan fingerprint density at radius 1 is 1.28 bits per heavy atom. The van der Waals surface area contributed by atoms with Gasteiger partial charge in [0, 0.05) is 31.4 Å². The van der Waals surface area contributed by atoms with Crippen molar-refractivity contribution in [2.24, 2.45) is 0 Å². The Bertz CT molecular complexity index is 373. The number of likely N-dealkylation sites (N-methyl/N-ethyl adjacent to an activating group) is 1. The van der Waals surface area contributed by atoms with Crippen LogP contribution in [0.2, 0.25) is 0 Å². The molecule has 1 saturated heterocycles. The molecule has 0 bridgehead atoms. The van der Waals surface area contributed by atoms with Gasteiger partial charge in [-0.2, -0.15) is 0 Å². The first kappa shape index (κ1) is 13.4. The van der Waals surface area contributed by atoms with E-state index in [1.165, 1.54) is 25.9 Å². The molecular formula is C15H24N2O. The van der Waals surface area contributed by atoms with Crippen molar-refractivity contribution in [1.29, 1.82) is 0 Å². The molecule has 0 radical (unpaired) electrons. The number of para-hydroxylation sites is 1. The van der Waals surface area contributed by atoms with Crippen molar-refractivity contribution >= 4 is 5.69 Å². The maximum absolute atomic E-state index is 9.80. The summed E-state index contributed by atoms with van der Waals surface area (Å²) in [5.41, 5.74) is 2.16. The van der Waals surface area contributed by atoms with Gasteiger partial charge in [0.05, 0.1) is 6.10 Å². The Hall–Kier alpha value is -1.06. The third-order valence-electron chi connectivity index (χ3n) is 3.75. The van der Waals surface area contributed by atoms with Crippen LogP contribution in [0.15, 0.2) is 24.3 Å². The van der Waals surface area contributed by atoms with Crippen LogP contribution in [-0.4, -0.2) is 43.2 Å². The molecule has 0 aliphatic carbocycles. The van der Waals surface area contributed by atoms with Gasteiger partial charge in [-0.05, 0) is 38.9 Å². The zero-order chi connectivity index (χ0) is 13.0. The summed E-state index contributed by atoms with van der Waals surface area (Å²) in [6.45, 7) is 6.44. The predicted molar refractivity (Wildman–Crippen MR) is 76.0 cm³/mol. The molecule has 3 nitrogen and oxygen atoms in total. The van der Waals surface area contributed by atoms with E-state index in [-0.39, 0.29) is 0 Å². The largest absolute Gasteiger partial charge is 0.389 e. The standard InChI is InChI=1S/C15H24N2O/c1-13(18)14-7-3-4-8-15(14)16(2)11-12-17-9-5-6-10-17/h3-4,7-8,13,18H,5-6,9-12H2,1-2H3/t13-/m0/s1. The number of aliphatic hydroxyl groups excluding tert-OH is 1. The molecule has 2 rings (SSSR count). The quantitative estimate of drug-likeness (QED) is 0.866. The Balaban J connectivity index is 1.97. The number of rotatable bonds is 5. The lowest BCUT2D eigenvalue weighted by atomic mass is 10.1. The van der Waals surface area contributed by atoms with E-state index in [1.807, 2.05) is 25.1 Å². The summed E-state index contributed by atoms with van der Waals surface area (Å²) < 4.78 is 0. The van der Waals surface area contributed by atoms with E-state index in [0.29, 0.717) is 0 Å². The maximum atomic E-state index is 9.80. The van der Waals surface area contributed by atoms with Gasteiger partial charge >= 0.3 is 0 Å². The average Bonchev–Trinajstić information content (AvgIpc) is 2.89. The first-order valence-electron chi connectivity index (χ1n) is 6.89. The summed E-state index contributed by atoms with van der Waals surface area (Å²) >= 11 is 0. The zero-order valence-electron chi connectivity index (χ0n) is 11.5. The maximum Gasteiger partial charge on any atom is 0.0781 e. The van der Waals surface area contributed by atoms with Crippen LogP contribution < -0.4 is 4.90 Å². The summed E-state index contributed by atoms with van der Waals surface area (Å²) in [6, 6.07) is 8.12. The SMILES string of the molecule is C[C@H](O)c1ccccc1N(C)CCN1CCCC1. The molecule has 1 aliphatic rings. The predicted octanol–water partition coefficient (Wildman–Crippen LogP) is 2.27. The molecule has 0 amide bonds. The van der Waals surface area contributed by atoms with E-state index in [0.717, 1.165) is 24.3 Å². The molecule has 1 fully saturated rings. The zero-order valence-corrected chi connectivity index (χ0v) is 11.5. The van der Waals surface area contributed by atoms with Gasteiger partial charge < -0.3 is 14.9 Å². The molecule has 1 heterocycles. The number of benzene rings is 1. The second-order valence-electron chi connectivity index (χ2n) is 5.21. The molecule has 1 aromatic carbocycles. The molecule has 0 saturated carbocycles. The fourth-order valence-corrected chi connectivity index (χ4v) is 2.61. The molecule has 1 aromatic rings. The molecule has 1 aliphatic heterocycles. The minimum Gasteiger partial charge on any atom is -0.389 e. The van der Waals surface area contributed by atoms with E-state index in [9.17, 15) is 5.11 Å². The monoisotopic (exact) mass is 248 g/mol. The second-order valence-corrected chi connectivity index (χ2v) is 5.21. The van der Waals surface area contributed by atoms with E-state index in [4.69, 9.17) is 0 Å². The van der Waals surface area contributed by atoms with Crippen LogP contribution in [0, 0.1) is 0 Å². The number of hydrogen-bond acceptors (Lipinski definition) is 3. The van der Waals surface area contributed by atoms with Gasteiger partial charge in [-0.25, -0.2) is 0 Å². The Labute approximate surface area is 110 Å². The van der Waals surface area contributed by atoms with Gasteiger partial charge in [0.25, 0.3) is 0 Å². The molecule has 0 spiro atoms. The van der Waals surface area contributed by atoms with Gasteiger partial charge in [-0.1, -0.05) is 18.2 Å². The number of likely N-dealkylation sites (tertiary alicyclic amines) is 1. The lowest BCUT2D eigenvalue weighted by molar-refractivity contribution is 0.199. The van der Waals surface area contributed by atoms with Crippen molar-refractivity contribution < 1.29 is 5.11 Å². The van der Waals surface area contributed by atoms with Crippen molar-refractivity contribution in [2.75, 3.05) is 38.1 Å². The molecule has 1 atom stereocenters. The molecule has 0 unspecified atom stereocenters.